The summed E-state index contributed by atoms with van der Waals surface area (Å²) in [6.07, 6.45) is 1.52. The van der Waals surface area contributed by atoms with E-state index in [0.717, 1.165) is 15.6 Å². The van der Waals surface area contributed by atoms with Gasteiger partial charge in [-0.15, -0.1) is 0 Å². The molecular formula is C22H17BrCl2N2O3. The summed E-state index contributed by atoms with van der Waals surface area (Å²) >= 11 is 15.4. The summed E-state index contributed by atoms with van der Waals surface area (Å²) in [5, 5.41) is 5.11. The van der Waals surface area contributed by atoms with Crippen molar-refractivity contribution in [1.82, 2.24) is 5.43 Å². The van der Waals surface area contributed by atoms with Crippen molar-refractivity contribution in [2.45, 2.75) is 6.61 Å². The molecule has 5 nitrogen and oxygen atoms in total. The van der Waals surface area contributed by atoms with E-state index >= 15 is 0 Å². The van der Waals surface area contributed by atoms with Crippen molar-refractivity contribution in [3.8, 4) is 11.5 Å². The van der Waals surface area contributed by atoms with E-state index < -0.39 is 0 Å². The second-order valence-corrected chi connectivity index (χ2v) is 7.89. The number of nitrogens with zero attached hydrogens (tertiary/aromatic N) is 1. The van der Waals surface area contributed by atoms with E-state index in [4.69, 9.17) is 32.7 Å². The Bertz CT molecular complexity index is 1070. The van der Waals surface area contributed by atoms with Gasteiger partial charge in [0.15, 0.2) is 0 Å². The fourth-order valence-electron chi connectivity index (χ4n) is 2.53. The van der Waals surface area contributed by atoms with Crippen LogP contribution in [-0.4, -0.2) is 19.2 Å². The summed E-state index contributed by atoms with van der Waals surface area (Å²) in [7, 11) is 1.57. The SMILES string of the molecule is COc1ccc(Br)cc1/C=N\NC(=O)c1ccc(OCc2ccc(Cl)cc2Cl)cc1. The van der Waals surface area contributed by atoms with E-state index in [2.05, 4.69) is 26.5 Å². The van der Waals surface area contributed by atoms with Gasteiger partial charge < -0.3 is 9.47 Å². The van der Waals surface area contributed by atoms with Crippen LogP contribution < -0.4 is 14.9 Å². The molecule has 0 atom stereocenters. The predicted molar refractivity (Wildman–Crippen MR) is 123 cm³/mol. The van der Waals surface area contributed by atoms with Gasteiger partial charge in [-0.1, -0.05) is 45.2 Å². The highest BCUT2D eigenvalue weighted by Gasteiger charge is 2.07. The molecule has 0 unspecified atom stereocenters. The summed E-state index contributed by atoms with van der Waals surface area (Å²) in [5.41, 5.74) is 4.50. The standard InChI is InChI=1S/C22H17BrCl2N2O3/c1-29-21-9-5-17(23)10-16(21)12-26-27-22(28)14-3-7-19(8-4-14)30-13-15-2-6-18(24)11-20(15)25/h2-12H,13H2,1H3,(H,27,28)/b26-12-. The van der Waals surface area contributed by atoms with Crippen molar-refractivity contribution in [2.24, 2.45) is 5.10 Å². The fraction of sp³-hybridized carbons (Fsp3) is 0.0909. The lowest BCUT2D eigenvalue weighted by Gasteiger charge is -2.09. The van der Waals surface area contributed by atoms with Crippen molar-refractivity contribution in [3.63, 3.8) is 0 Å². The zero-order valence-corrected chi connectivity index (χ0v) is 19.0. The van der Waals surface area contributed by atoms with Crippen LogP contribution in [-0.2, 0) is 6.61 Å². The zero-order valence-electron chi connectivity index (χ0n) is 15.9. The number of hydrazone groups is 1. The molecule has 3 rings (SSSR count). The highest BCUT2D eigenvalue weighted by Crippen LogP contribution is 2.23. The highest BCUT2D eigenvalue weighted by atomic mass is 79.9. The lowest BCUT2D eigenvalue weighted by molar-refractivity contribution is 0.0955. The van der Waals surface area contributed by atoms with Crippen LogP contribution in [0.1, 0.15) is 21.5 Å². The van der Waals surface area contributed by atoms with Crippen molar-refractivity contribution in [3.05, 3.63) is 91.9 Å². The Morgan fingerprint density at radius 3 is 2.57 bits per heavy atom. The normalized spacial score (nSPS) is 10.8. The van der Waals surface area contributed by atoms with E-state index in [1.807, 2.05) is 24.3 Å². The first-order valence-corrected chi connectivity index (χ1v) is 10.3. The fourth-order valence-corrected chi connectivity index (χ4v) is 3.38. The van der Waals surface area contributed by atoms with Crippen LogP contribution >= 0.6 is 39.1 Å². The summed E-state index contributed by atoms with van der Waals surface area (Å²) in [6, 6.07) is 17.5. The van der Waals surface area contributed by atoms with Gasteiger partial charge in [-0.3, -0.25) is 4.79 Å². The van der Waals surface area contributed by atoms with E-state index in [9.17, 15) is 4.79 Å². The van der Waals surface area contributed by atoms with Gasteiger partial charge in [0.2, 0.25) is 0 Å². The third-order valence-electron chi connectivity index (χ3n) is 4.09. The number of hydrogen-bond acceptors (Lipinski definition) is 4. The summed E-state index contributed by atoms with van der Waals surface area (Å²) in [4.78, 5) is 12.3. The maximum atomic E-state index is 12.3. The third kappa shape index (κ3) is 5.98. The molecule has 0 fully saturated rings. The van der Waals surface area contributed by atoms with E-state index in [-0.39, 0.29) is 5.91 Å². The lowest BCUT2D eigenvalue weighted by atomic mass is 10.2. The molecule has 3 aromatic carbocycles. The molecule has 30 heavy (non-hydrogen) atoms. The molecule has 0 aliphatic rings. The van der Waals surface area contributed by atoms with Crippen LogP contribution in [0.4, 0.5) is 0 Å². The molecule has 0 spiro atoms. The first kappa shape index (κ1) is 22.2. The molecule has 3 aromatic rings. The molecule has 1 N–H and O–H groups in total. The molecule has 8 heteroatoms. The van der Waals surface area contributed by atoms with Gasteiger partial charge in [0, 0.05) is 31.2 Å². The number of hydrogen-bond donors (Lipinski definition) is 1. The lowest BCUT2D eigenvalue weighted by Crippen LogP contribution is -2.17. The minimum absolute atomic E-state index is 0.292. The third-order valence-corrected chi connectivity index (χ3v) is 5.17. The van der Waals surface area contributed by atoms with Crippen LogP contribution in [0.2, 0.25) is 10.0 Å². The first-order valence-electron chi connectivity index (χ1n) is 8.80. The number of rotatable bonds is 7. The highest BCUT2D eigenvalue weighted by molar-refractivity contribution is 9.10. The molecule has 0 aliphatic heterocycles. The summed E-state index contributed by atoms with van der Waals surface area (Å²) < 4.78 is 11.9. The van der Waals surface area contributed by atoms with E-state index in [1.54, 1.807) is 43.5 Å². The summed E-state index contributed by atoms with van der Waals surface area (Å²) in [5.74, 6) is 0.922. The smallest absolute Gasteiger partial charge is 0.271 e. The molecule has 0 saturated heterocycles. The Hall–Kier alpha value is -2.54. The van der Waals surface area contributed by atoms with Gasteiger partial charge in [-0.2, -0.15) is 5.10 Å². The Balaban J connectivity index is 1.58. The maximum absolute atomic E-state index is 12.3. The van der Waals surface area contributed by atoms with Crippen LogP contribution in [0.25, 0.3) is 0 Å². The van der Waals surface area contributed by atoms with Crippen LogP contribution in [0.5, 0.6) is 11.5 Å². The number of halogens is 3. The first-order chi connectivity index (χ1) is 14.5. The van der Waals surface area contributed by atoms with Crippen molar-refractivity contribution in [1.29, 1.82) is 0 Å². The Kier molecular flexibility index (Phi) is 7.74. The zero-order chi connectivity index (χ0) is 21.5. The van der Waals surface area contributed by atoms with Crippen LogP contribution in [0.15, 0.2) is 70.2 Å². The molecule has 0 bridgehead atoms. The number of carbonyl (C=O) groups is 1. The van der Waals surface area contributed by atoms with Gasteiger partial charge in [0.05, 0.1) is 13.3 Å². The monoisotopic (exact) mass is 506 g/mol. The topological polar surface area (TPSA) is 59.9 Å². The predicted octanol–water partition coefficient (Wildman–Crippen LogP) is 6.11. The second kappa shape index (κ2) is 10.5. The van der Waals surface area contributed by atoms with Crippen molar-refractivity contribution in [2.75, 3.05) is 7.11 Å². The number of nitrogens with one attached hydrogen (secondary N) is 1. The van der Waals surface area contributed by atoms with Crippen LogP contribution in [0.3, 0.4) is 0 Å². The molecule has 0 aliphatic carbocycles. The quantitative estimate of drug-likeness (QED) is 0.310. The van der Waals surface area contributed by atoms with Gasteiger partial charge in [0.1, 0.15) is 18.1 Å². The van der Waals surface area contributed by atoms with Crippen molar-refractivity contribution < 1.29 is 14.3 Å². The second-order valence-electron chi connectivity index (χ2n) is 6.13. The van der Waals surface area contributed by atoms with Gasteiger partial charge >= 0.3 is 0 Å². The average Bonchev–Trinajstić information content (AvgIpc) is 2.73. The minimum atomic E-state index is -0.340. The molecule has 0 aromatic heterocycles. The van der Waals surface area contributed by atoms with E-state index in [1.165, 1.54) is 6.21 Å². The largest absolute Gasteiger partial charge is 0.496 e. The Morgan fingerprint density at radius 2 is 1.87 bits per heavy atom. The Labute approximate surface area is 192 Å². The van der Waals surface area contributed by atoms with Gasteiger partial charge in [-0.25, -0.2) is 5.43 Å². The van der Waals surface area contributed by atoms with Gasteiger partial charge in [0.25, 0.3) is 5.91 Å². The number of ether oxygens (including phenoxy) is 2. The molecular weight excluding hydrogens is 491 g/mol. The molecule has 1 amide bonds. The Morgan fingerprint density at radius 1 is 1.10 bits per heavy atom. The molecule has 0 radical (unpaired) electrons. The minimum Gasteiger partial charge on any atom is -0.496 e. The van der Waals surface area contributed by atoms with Crippen LogP contribution in [0, 0.1) is 0 Å². The number of methoxy groups -OCH3 is 1. The maximum Gasteiger partial charge on any atom is 0.271 e. The number of carbonyl (C=O) groups excluding carboxylic acids is 1. The van der Waals surface area contributed by atoms with E-state index in [0.29, 0.717) is 33.7 Å². The summed E-state index contributed by atoms with van der Waals surface area (Å²) in [6.45, 7) is 0.292. The van der Waals surface area contributed by atoms with Gasteiger partial charge in [-0.05, 0) is 54.6 Å². The molecule has 154 valence electrons. The molecule has 0 saturated carbocycles. The molecule has 0 heterocycles. The number of benzene rings is 3. The average molecular weight is 508 g/mol. The van der Waals surface area contributed by atoms with Crippen molar-refractivity contribution >= 4 is 51.3 Å². The number of amides is 1.